The van der Waals surface area contributed by atoms with Crippen LogP contribution >= 0.6 is 0 Å². The van der Waals surface area contributed by atoms with Gasteiger partial charge in [-0.25, -0.2) is 9.97 Å². The third-order valence-electron chi connectivity index (χ3n) is 5.17. The largest absolute Gasteiger partial charge is 0.362 e. The van der Waals surface area contributed by atoms with E-state index in [1.165, 1.54) is 12.0 Å². The second-order valence-electron chi connectivity index (χ2n) is 7.06. The quantitative estimate of drug-likeness (QED) is 0.860. The molecule has 4 rings (SSSR count). The molecule has 130 valence electrons. The molecule has 0 unspecified atom stereocenters. The topological polar surface area (TPSA) is 62.2 Å². The van der Waals surface area contributed by atoms with Crippen molar-refractivity contribution in [2.45, 2.75) is 32.2 Å². The predicted molar refractivity (Wildman–Crippen MR) is 96.1 cm³/mol. The minimum absolute atomic E-state index is 0.233. The first kappa shape index (κ1) is 16.0. The predicted octanol–water partition coefficient (Wildman–Crippen LogP) is 2.29. The molecular weight excluding hydrogens is 314 g/mol. The summed E-state index contributed by atoms with van der Waals surface area (Å²) in [5.41, 5.74) is 3.09. The van der Waals surface area contributed by atoms with Crippen molar-refractivity contribution in [3.8, 4) is 11.4 Å². The number of rotatable bonds is 3. The molecule has 2 aromatic rings. The van der Waals surface area contributed by atoms with E-state index in [-0.39, 0.29) is 5.92 Å². The molecule has 2 aromatic heterocycles. The highest BCUT2D eigenvalue weighted by Crippen LogP contribution is 2.32. The van der Waals surface area contributed by atoms with Crippen LogP contribution in [0.5, 0.6) is 0 Å². The average molecular weight is 337 g/mol. The van der Waals surface area contributed by atoms with Gasteiger partial charge < -0.3 is 9.80 Å². The fraction of sp³-hybridized carbons (Fsp3) is 0.474. The van der Waals surface area contributed by atoms with Gasteiger partial charge in [-0.15, -0.1) is 0 Å². The van der Waals surface area contributed by atoms with Crippen molar-refractivity contribution in [2.24, 2.45) is 5.92 Å². The van der Waals surface area contributed by atoms with Gasteiger partial charge >= 0.3 is 0 Å². The number of aromatic nitrogens is 3. The fourth-order valence-electron chi connectivity index (χ4n) is 3.51. The molecule has 0 saturated heterocycles. The summed E-state index contributed by atoms with van der Waals surface area (Å²) in [7, 11) is 4.01. The van der Waals surface area contributed by atoms with Crippen LogP contribution in [-0.4, -0.2) is 46.4 Å². The monoisotopic (exact) mass is 337 g/mol. The maximum absolute atomic E-state index is 12.6. The summed E-state index contributed by atoms with van der Waals surface area (Å²) in [5, 5.41) is 0. The van der Waals surface area contributed by atoms with Crippen LogP contribution in [0.15, 0.2) is 24.5 Å². The van der Waals surface area contributed by atoms with E-state index in [9.17, 15) is 4.79 Å². The van der Waals surface area contributed by atoms with Crippen molar-refractivity contribution in [1.29, 1.82) is 0 Å². The molecule has 1 amide bonds. The highest BCUT2D eigenvalue weighted by Gasteiger charge is 2.32. The van der Waals surface area contributed by atoms with Crippen molar-refractivity contribution >= 4 is 11.7 Å². The molecule has 25 heavy (non-hydrogen) atoms. The number of carbonyl (C=O) groups is 1. The highest BCUT2D eigenvalue weighted by molar-refractivity contribution is 5.80. The van der Waals surface area contributed by atoms with Gasteiger partial charge in [0.1, 0.15) is 5.82 Å². The van der Waals surface area contributed by atoms with E-state index >= 15 is 0 Å². The minimum atomic E-state index is 0.233. The van der Waals surface area contributed by atoms with Crippen LogP contribution in [-0.2, 0) is 17.8 Å². The summed E-state index contributed by atoms with van der Waals surface area (Å²) >= 11 is 0. The average Bonchev–Trinajstić information content (AvgIpc) is 2.59. The van der Waals surface area contributed by atoms with Crippen LogP contribution in [0.25, 0.3) is 11.4 Å². The van der Waals surface area contributed by atoms with Crippen molar-refractivity contribution in [3.05, 3.63) is 35.8 Å². The normalized spacial score (nSPS) is 17.0. The van der Waals surface area contributed by atoms with Gasteiger partial charge in [0, 0.05) is 50.1 Å². The summed E-state index contributed by atoms with van der Waals surface area (Å²) in [6, 6.07) is 3.84. The Labute approximate surface area is 147 Å². The van der Waals surface area contributed by atoms with E-state index in [0.717, 1.165) is 42.9 Å². The molecule has 2 aliphatic rings. The van der Waals surface area contributed by atoms with Crippen molar-refractivity contribution in [1.82, 2.24) is 19.9 Å². The number of anilines is 1. The van der Waals surface area contributed by atoms with Crippen LogP contribution in [0.3, 0.4) is 0 Å². The summed E-state index contributed by atoms with van der Waals surface area (Å²) in [4.78, 5) is 30.3. The number of nitrogens with zero attached hydrogens (tertiary/aromatic N) is 5. The van der Waals surface area contributed by atoms with E-state index in [1.54, 1.807) is 12.4 Å². The Morgan fingerprint density at radius 1 is 1.20 bits per heavy atom. The first-order valence-electron chi connectivity index (χ1n) is 8.90. The Morgan fingerprint density at radius 3 is 2.60 bits per heavy atom. The third kappa shape index (κ3) is 2.97. The smallest absolute Gasteiger partial charge is 0.226 e. The molecule has 1 fully saturated rings. The molecule has 0 atom stereocenters. The Hall–Kier alpha value is -2.50. The minimum Gasteiger partial charge on any atom is -0.362 e. The van der Waals surface area contributed by atoms with Gasteiger partial charge in [-0.2, -0.15) is 0 Å². The number of hydrogen-bond donors (Lipinski definition) is 0. The highest BCUT2D eigenvalue weighted by atomic mass is 16.2. The number of hydrogen-bond acceptors (Lipinski definition) is 5. The van der Waals surface area contributed by atoms with Gasteiger partial charge in [0.25, 0.3) is 0 Å². The molecule has 0 spiro atoms. The molecule has 3 heterocycles. The lowest BCUT2D eigenvalue weighted by atomic mass is 9.84. The van der Waals surface area contributed by atoms with E-state index in [4.69, 9.17) is 9.97 Å². The Morgan fingerprint density at radius 2 is 1.96 bits per heavy atom. The van der Waals surface area contributed by atoms with E-state index in [1.807, 2.05) is 36.0 Å². The van der Waals surface area contributed by atoms with E-state index in [0.29, 0.717) is 18.3 Å². The molecule has 0 N–H and O–H groups in total. The number of fused-ring (bicyclic) bond motifs is 1. The van der Waals surface area contributed by atoms with Gasteiger partial charge in [-0.3, -0.25) is 9.78 Å². The standard InChI is InChI=1S/C19H23N5O/c1-23(2)18-15-8-11-24(19(25)14-4-3-5-14)12-16(15)21-17(22-18)13-6-9-20-10-7-13/h6-7,9-10,14H,3-5,8,11-12H2,1-2H3. The van der Waals surface area contributed by atoms with E-state index < -0.39 is 0 Å². The summed E-state index contributed by atoms with van der Waals surface area (Å²) in [6.45, 7) is 1.35. The van der Waals surface area contributed by atoms with Crippen molar-refractivity contribution < 1.29 is 4.79 Å². The Balaban J connectivity index is 1.70. The number of carbonyl (C=O) groups excluding carboxylic acids is 1. The third-order valence-corrected chi connectivity index (χ3v) is 5.17. The molecule has 0 bridgehead atoms. The van der Waals surface area contributed by atoms with Gasteiger partial charge in [-0.05, 0) is 31.4 Å². The summed E-state index contributed by atoms with van der Waals surface area (Å²) < 4.78 is 0. The zero-order chi connectivity index (χ0) is 17.4. The van der Waals surface area contributed by atoms with Gasteiger partial charge in [-0.1, -0.05) is 6.42 Å². The maximum Gasteiger partial charge on any atom is 0.226 e. The summed E-state index contributed by atoms with van der Waals surface area (Å²) in [6.07, 6.45) is 7.58. The van der Waals surface area contributed by atoms with E-state index in [2.05, 4.69) is 4.98 Å². The van der Waals surface area contributed by atoms with Crippen LogP contribution in [0.2, 0.25) is 0 Å². The van der Waals surface area contributed by atoms with Gasteiger partial charge in [0.15, 0.2) is 5.82 Å². The molecule has 6 nitrogen and oxygen atoms in total. The molecule has 1 aliphatic carbocycles. The maximum atomic E-state index is 12.6. The lowest BCUT2D eigenvalue weighted by Gasteiger charge is -2.35. The zero-order valence-electron chi connectivity index (χ0n) is 14.8. The molecule has 1 aliphatic heterocycles. The van der Waals surface area contributed by atoms with Crippen molar-refractivity contribution in [3.63, 3.8) is 0 Å². The molecule has 0 aromatic carbocycles. The van der Waals surface area contributed by atoms with Crippen LogP contribution in [0.4, 0.5) is 5.82 Å². The molecular formula is C19H23N5O. The van der Waals surface area contributed by atoms with Crippen LogP contribution < -0.4 is 4.90 Å². The van der Waals surface area contributed by atoms with Gasteiger partial charge in [0.05, 0.1) is 12.2 Å². The first-order chi connectivity index (χ1) is 12.1. The number of amides is 1. The SMILES string of the molecule is CN(C)c1nc(-c2ccncc2)nc2c1CCN(C(=O)C1CCC1)C2. The molecule has 1 saturated carbocycles. The Kier molecular flexibility index (Phi) is 4.11. The van der Waals surface area contributed by atoms with Crippen LogP contribution in [0, 0.1) is 5.92 Å². The molecule has 6 heteroatoms. The Bertz CT molecular complexity index is 786. The zero-order valence-corrected chi connectivity index (χ0v) is 14.8. The summed E-state index contributed by atoms with van der Waals surface area (Å²) in [5.74, 6) is 2.18. The van der Waals surface area contributed by atoms with Crippen molar-refractivity contribution in [2.75, 3.05) is 25.5 Å². The first-order valence-corrected chi connectivity index (χ1v) is 8.90. The van der Waals surface area contributed by atoms with Crippen LogP contribution in [0.1, 0.15) is 30.5 Å². The lowest BCUT2D eigenvalue weighted by molar-refractivity contribution is -0.139. The fourth-order valence-corrected chi connectivity index (χ4v) is 3.51. The molecule has 0 radical (unpaired) electrons. The second kappa shape index (κ2) is 6.43. The lowest BCUT2D eigenvalue weighted by Crippen LogP contribution is -2.42. The second-order valence-corrected chi connectivity index (χ2v) is 7.06. The van der Waals surface area contributed by atoms with Gasteiger partial charge in [0.2, 0.25) is 5.91 Å². The number of pyridine rings is 1.